The van der Waals surface area contributed by atoms with Crippen molar-refractivity contribution in [3.8, 4) is 0 Å². The van der Waals surface area contributed by atoms with E-state index < -0.39 is 0 Å². The molecule has 0 amide bonds. The molecule has 2 rings (SSSR count). The molecule has 0 spiro atoms. The van der Waals surface area contributed by atoms with E-state index >= 15 is 0 Å². The zero-order valence-electron chi connectivity index (χ0n) is 10.2. The van der Waals surface area contributed by atoms with Gasteiger partial charge in [0.1, 0.15) is 11.6 Å². The van der Waals surface area contributed by atoms with Crippen molar-refractivity contribution < 1.29 is 5.11 Å². The Morgan fingerprint density at radius 2 is 2.25 bits per heavy atom. The summed E-state index contributed by atoms with van der Waals surface area (Å²) in [4.78, 5) is 2.33. The third kappa shape index (κ3) is 2.25. The summed E-state index contributed by atoms with van der Waals surface area (Å²) in [5.41, 5.74) is 0. The van der Waals surface area contributed by atoms with Crippen LogP contribution in [0.5, 0.6) is 0 Å². The normalized spacial score (nSPS) is 23.9. The zero-order chi connectivity index (χ0) is 11.7. The second kappa shape index (κ2) is 4.51. The molecule has 0 aliphatic carbocycles. The van der Waals surface area contributed by atoms with Gasteiger partial charge in [-0.1, -0.05) is 0 Å². The fourth-order valence-electron chi connectivity index (χ4n) is 2.19. The van der Waals surface area contributed by atoms with Crippen LogP contribution in [-0.4, -0.2) is 44.0 Å². The van der Waals surface area contributed by atoms with Gasteiger partial charge in [0.05, 0.1) is 12.6 Å². The van der Waals surface area contributed by atoms with Gasteiger partial charge in [0.15, 0.2) is 0 Å². The van der Waals surface area contributed by atoms with Crippen LogP contribution in [0.4, 0.5) is 0 Å². The maximum atomic E-state index is 9.53. The summed E-state index contributed by atoms with van der Waals surface area (Å²) in [6.45, 7) is 6.67. The van der Waals surface area contributed by atoms with Crippen molar-refractivity contribution in [2.45, 2.75) is 32.9 Å². The Morgan fingerprint density at radius 3 is 2.75 bits per heavy atom. The Kier molecular flexibility index (Phi) is 3.25. The van der Waals surface area contributed by atoms with Crippen LogP contribution in [0.2, 0.25) is 0 Å². The zero-order valence-corrected chi connectivity index (χ0v) is 10.2. The molecule has 16 heavy (non-hydrogen) atoms. The molecule has 1 aliphatic rings. The van der Waals surface area contributed by atoms with Gasteiger partial charge in [0, 0.05) is 13.6 Å². The van der Waals surface area contributed by atoms with Gasteiger partial charge < -0.3 is 9.67 Å². The minimum atomic E-state index is -0.203. The predicted molar refractivity (Wildman–Crippen MR) is 60.8 cm³/mol. The van der Waals surface area contributed by atoms with E-state index in [1.807, 2.05) is 25.5 Å². The molecular weight excluding hydrogens is 204 g/mol. The summed E-state index contributed by atoms with van der Waals surface area (Å²) in [5, 5.41) is 17.7. The molecule has 0 radical (unpaired) electrons. The number of nitrogens with zero attached hydrogens (tertiary/aromatic N) is 4. The fourth-order valence-corrected chi connectivity index (χ4v) is 2.19. The SMILES string of the molecule is Cc1nnc(CN2CCC(C(C)O)C2)n1C. The predicted octanol–water partition coefficient (Wildman–Crippen LogP) is 0.326. The summed E-state index contributed by atoms with van der Waals surface area (Å²) in [5.74, 6) is 2.36. The fraction of sp³-hybridized carbons (Fsp3) is 0.818. The molecule has 0 bridgehead atoms. The van der Waals surface area contributed by atoms with Crippen molar-refractivity contribution in [3.63, 3.8) is 0 Å². The monoisotopic (exact) mass is 224 g/mol. The highest BCUT2D eigenvalue weighted by molar-refractivity contribution is 4.93. The Bertz CT molecular complexity index is 361. The van der Waals surface area contributed by atoms with E-state index in [-0.39, 0.29) is 6.10 Å². The lowest BCUT2D eigenvalue weighted by Gasteiger charge is -2.16. The van der Waals surface area contributed by atoms with E-state index in [0.717, 1.165) is 37.7 Å². The summed E-state index contributed by atoms with van der Waals surface area (Å²) < 4.78 is 2.02. The van der Waals surface area contributed by atoms with E-state index in [1.54, 1.807) is 0 Å². The van der Waals surface area contributed by atoms with E-state index in [2.05, 4.69) is 15.1 Å². The third-order valence-corrected chi connectivity index (χ3v) is 3.54. The Morgan fingerprint density at radius 1 is 1.50 bits per heavy atom. The number of hydrogen-bond donors (Lipinski definition) is 1. The van der Waals surface area contributed by atoms with E-state index in [1.165, 1.54) is 0 Å². The molecule has 1 aliphatic heterocycles. The first-order valence-electron chi connectivity index (χ1n) is 5.83. The van der Waals surface area contributed by atoms with E-state index in [4.69, 9.17) is 0 Å². The van der Waals surface area contributed by atoms with Gasteiger partial charge in [-0.25, -0.2) is 0 Å². The van der Waals surface area contributed by atoms with Crippen LogP contribution in [0.25, 0.3) is 0 Å². The largest absolute Gasteiger partial charge is 0.393 e. The second-order valence-corrected chi connectivity index (χ2v) is 4.75. The third-order valence-electron chi connectivity index (χ3n) is 3.54. The van der Waals surface area contributed by atoms with Crippen LogP contribution in [-0.2, 0) is 13.6 Å². The molecule has 1 N–H and O–H groups in total. The van der Waals surface area contributed by atoms with Crippen LogP contribution < -0.4 is 0 Å². The van der Waals surface area contributed by atoms with Crippen LogP contribution in [0.3, 0.4) is 0 Å². The van der Waals surface area contributed by atoms with Crippen molar-refractivity contribution >= 4 is 0 Å². The number of likely N-dealkylation sites (tertiary alicyclic amines) is 1. The molecule has 1 aromatic rings. The lowest BCUT2D eigenvalue weighted by molar-refractivity contribution is 0.127. The van der Waals surface area contributed by atoms with Crippen molar-refractivity contribution in [2.24, 2.45) is 13.0 Å². The number of aryl methyl sites for hydroxylation is 1. The van der Waals surface area contributed by atoms with Gasteiger partial charge in [-0.2, -0.15) is 0 Å². The summed E-state index contributed by atoms with van der Waals surface area (Å²) >= 11 is 0. The summed E-state index contributed by atoms with van der Waals surface area (Å²) in [6, 6.07) is 0. The first-order chi connectivity index (χ1) is 7.58. The Hall–Kier alpha value is -0.940. The van der Waals surface area contributed by atoms with Crippen molar-refractivity contribution in [1.29, 1.82) is 0 Å². The smallest absolute Gasteiger partial charge is 0.146 e. The first kappa shape index (κ1) is 11.5. The molecule has 2 unspecified atom stereocenters. The number of rotatable bonds is 3. The highest BCUT2D eigenvalue weighted by Gasteiger charge is 2.26. The van der Waals surface area contributed by atoms with Gasteiger partial charge in [-0.15, -0.1) is 10.2 Å². The highest BCUT2D eigenvalue weighted by atomic mass is 16.3. The molecule has 2 heterocycles. The number of aliphatic hydroxyl groups excluding tert-OH is 1. The van der Waals surface area contributed by atoms with Crippen LogP contribution in [0.1, 0.15) is 25.0 Å². The summed E-state index contributed by atoms with van der Waals surface area (Å²) in [6.07, 6.45) is 0.875. The second-order valence-electron chi connectivity index (χ2n) is 4.75. The molecule has 0 aromatic carbocycles. The number of aliphatic hydroxyl groups is 1. The lowest BCUT2D eigenvalue weighted by atomic mass is 10.0. The minimum Gasteiger partial charge on any atom is -0.393 e. The van der Waals surface area contributed by atoms with Crippen LogP contribution in [0, 0.1) is 12.8 Å². The van der Waals surface area contributed by atoms with Gasteiger partial charge in [-0.3, -0.25) is 4.90 Å². The van der Waals surface area contributed by atoms with Crippen LogP contribution in [0.15, 0.2) is 0 Å². The van der Waals surface area contributed by atoms with Gasteiger partial charge in [0.25, 0.3) is 0 Å². The topological polar surface area (TPSA) is 54.2 Å². The minimum absolute atomic E-state index is 0.203. The molecular formula is C11H20N4O. The number of aromatic nitrogens is 3. The van der Waals surface area contributed by atoms with Gasteiger partial charge in [-0.05, 0) is 32.7 Å². The van der Waals surface area contributed by atoms with Gasteiger partial charge in [0.2, 0.25) is 0 Å². The van der Waals surface area contributed by atoms with E-state index in [0.29, 0.717) is 5.92 Å². The molecule has 1 saturated heterocycles. The number of hydrogen-bond acceptors (Lipinski definition) is 4. The van der Waals surface area contributed by atoms with Crippen molar-refractivity contribution in [2.75, 3.05) is 13.1 Å². The maximum absolute atomic E-state index is 9.53. The molecule has 90 valence electrons. The van der Waals surface area contributed by atoms with Crippen LogP contribution >= 0.6 is 0 Å². The Labute approximate surface area is 96.1 Å². The lowest BCUT2D eigenvalue weighted by Crippen LogP contribution is -2.25. The first-order valence-corrected chi connectivity index (χ1v) is 5.83. The van der Waals surface area contributed by atoms with Crippen molar-refractivity contribution in [3.05, 3.63) is 11.6 Å². The van der Waals surface area contributed by atoms with Gasteiger partial charge >= 0.3 is 0 Å². The average Bonchev–Trinajstić information content (AvgIpc) is 2.81. The highest BCUT2D eigenvalue weighted by Crippen LogP contribution is 2.20. The molecule has 1 fully saturated rings. The molecule has 5 nitrogen and oxygen atoms in total. The molecule has 2 atom stereocenters. The maximum Gasteiger partial charge on any atom is 0.146 e. The molecule has 0 saturated carbocycles. The molecule has 5 heteroatoms. The van der Waals surface area contributed by atoms with E-state index in [9.17, 15) is 5.11 Å². The quantitative estimate of drug-likeness (QED) is 0.803. The van der Waals surface area contributed by atoms with Crippen molar-refractivity contribution in [1.82, 2.24) is 19.7 Å². The average molecular weight is 224 g/mol. The summed E-state index contributed by atoms with van der Waals surface area (Å²) in [7, 11) is 1.99. The Balaban J connectivity index is 1.94. The standard InChI is InChI=1S/C11H20N4O/c1-8(16)10-4-5-15(6-10)7-11-13-12-9(2)14(11)3/h8,10,16H,4-7H2,1-3H3. The molecule has 1 aromatic heterocycles.